The largest absolute Gasteiger partial charge is 0.465 e. The van der Waals surface area contributed by atoms with Crippen LogP contribution in [0.5, 0.6) is 0 Å². The van der Waals surface area contributed by atoms with Crippen molar-refractivity contribution in [3.05, 3.63) is 80.5 Å². The summed E-state index contributed by atoms with van der Waals surface area (Å²) in [5.74, 6) is -0.988. The highest BCUT2D eigenvalue weighted by Crippen LogP contribution is 2.21. The van der Waals surface area contributed by atoms with E-state index in [9.17, 15) is 24.1 Å². The molecule has 0 fully saturated rings. The molecule has 1 aromatic carbocycles. The molecule has 9 nitrogen and oxygen atoms in total. The van der Waals surface area contributed by atoms with Crippen molar-refractivity contribution in [1.29, 1.82) is 0 Å². The summed E-state index contributed by atoms with van der Waals surface area (Å²) in [7, 11) is 1.06. The molecule has 0 saturated carbocycles. The van der Waals surface area contributed by atoms with Crippen molar-refractivity contribution in [3.8, 4) is 11.3 Å². The van der Waals surface area contributed by atoms with E-state index in [4.69, 9.17) is 4.42 Å². The van der Waals surface area contributed by atoms with Gasteiger partial charge in [0.15, 0.2) is 5.76 Å². The molecule has 0 unspecified atom stereocenters. The van der Waals surface area contributed by atoms with Gasteiger partial charge < -0.3 is 9.15 Å². The van der Waals surface area contributed by atoms with Crippen LogP contribution in [0.2, 0.25) is 0 Å². The van der Waals surface area contributed by atoms with E-state index in [1.807, 2.05) is 0 Å². The molecule has 10 heteroatoms. The van der Waals surface area contributed by atoms with Gasteiger partial charge in [0.05, 0.1) is 24.4 Å². The number of carbonyl (C=O) groups is 1. The molecule has 0 N–H and O–H groups in total. The van der Waals surface area contributed by atoms with Gasteiger partial charge in [-0.1, -0.05) is 0 Å². The number of methoxy groups -OCH3 is 1. The van der Waals surface area contributed by atoms with Gasteiger partial charge in [-0.25, -0.2) is 14.2 Å². The molecule has 0 aliphatic carbocycles. The number of aromatic nitrogens is 2. The maximum Gasteiger partial charge on any atom is 0.343 e. The minimum absolute atomic E-state index is 0.0766. The average molecular weight is 373 g/mol. The predicted octanol–water partition coefficient (Wildman–Crippen LogP) is 2.39. The van der Waals surface area contributed by atoms with Crippen molar-refractivity contribution in [3.63, 3.8) is 0 Å². The van der Waals surface area contributed by atoms with Crippen LogP contribution in [0.4, 0.5) is 10.1 Å². The lowest BCUT2D eigenvalue weighted by Gasteiger charge is -2.05. The zero-order chi connectivity index (χ0) is 19.6. The number of esters is 1. The number of hydrogen-bond donors (Lipinski definition) is 0. The Balaban J connectivity index is 1.97. The lowest BCUT2D eigenvalue weighted by molar-refractivity contribution is -0.385. The van der Waals surface area contributed by atoms with E-state index in [1.165, 1.54) is 30.5 Å². The summed E-state index contributed by atoms with van der Waals surface area (Å²) in [5.41, 5.74) is -1.15. The second kappa shape index (κ2) is 7.20. The summed E-state index contributed by atoms with van der Waals surface area (Å²) in [6.07, 6.45) is 2.36. The van der Waals surface area contributed by atoms with Crippen LogP contribution >= 0.6 is 0 Å². The molecule has 0 bridgehead atoms. The summed E-state index contributed by atoms with van der Waals surface area (Å²) in [6.45, 7) is -0.244. The van der Waals surface area contributed by atoms with Crippen LogP contribution < -0.4 is 5.56 Å². The Bertz CT molecular complexity index is 1070. The Labute approximate surface area is 150 Å². The number of oxazole rings is 1. The number of nitrogens with zero attached hydrogens (tertiary/aromatic N) is 3. The van der Waals surface area contributed by atoms with Crippen LogP contribution in [-0.4, -0.2) is 27.6 Å². The minimum atomic E-state index is -0.989. The van der Waals surface area contributed by atoms with E-state index in [1.54, 1.807) is 0 Å². The highest BCUT2D eigenvalue weighted by molar-refractivity contribution is 5.89. The van der Waals surface area contributed by atoms with Crippen LogP contribution in [0.15, 0.2) is 51.9 Å². The van der Waals surface area contributed by atoms with Crippen LogP contribution in [0.1, 0.15) is 16.2 Å². The fourth-order valence-electron chi connectivity index (χ4n) is 2.37. The van der Waals surface area contributed by atoms with Crippen LogP contribution in [0.3, 0.4) is 0 Å². The van der Waals surface area contributed by atoms with Crippen molar-refractivity contribution in [2.45, 2.75) is 6.54 Å². The molecule has 0 amide bonds. The Morgan fingerprint density at radius 1 is 1.37 bits per heavy atom. The Kier molecular flexibility index (Phi) is 4.79. The van der Waals surface area contributed by atoms with Gasteiger partial charge in [0.1, 0.15) is 17.9 Å². The molecule has 0 radical (unpaired) electrons. The maximum absolute atomic E-state index is 13.0. The number of hydrogen-bond acceptors (Lipinski definition) is 7. The SMILES string of the molecule is COC(=O)c1cc([N+](=O)[O-])cn(Cc2ncc(-c3ccc(F)cc3)o2)c1=O. The first kappa shape index (κ1) is 18.0. The van der Waals surface area contributed by atoms with Gasteiger partial charge in [0.25, 0.3) is 11.2 Å². The molecule has 0 aliphatic rings. The number of halogens is 1. The number of pyridine rings is 1. The van der Waals surface area contributed by atoms with Gasteiger partial charge in [0.2, 0.25) is 5.89 Å². The van der Waals surface area contributed by atoms with Gasteiger partial charge in [-0.3, -0.25) is 19.5 Å². The Morgan fingerprint density at radius 2 is 2.07 bits per heavy atom. The normalized spacial score (nSPS) is 10.6. The fourth-order valence-corrected chi connectivity index (χ4v) is 2.37. The Morgan fingerprint density at radius 3 is 2.70 bits per heavy atom. The molecule has 2 heterocycles. The zero-order valence-electron chi connectivity index (χ0n) is 13.9. The molecule has 138 valence electrons. The summed E-state index contributed by atoms with van der Waals surface area (Å²) < 4.78 is 23.9. The third-order valence-corrected chi connectivity index (χ3v) is 3.68. The van der Waals surface area contributed by atoms with Crippen LogP contribution in [0.25, 0.3) is 11.3 Å². The maximum atomic E-state index is 13.0. The van der Waals surface area contributed by atoms with Gasteiger partial charge in [-0.05, 0) is 24.3 Å². The predicted molar refractivity (Wildman–Crippen MR) is 89.7 cm³/mol. The second-order valence-corrected chi connectivity index (χ2v) is 5.42. The second-order valence-electron chi connectivity index (χ2n) is 5.42. The molecule has 0 atom stereocenters. The summed E-state index contributed by atoms with van der Waals surface area (Å²) >= 11 is 0. The van der Waals surface area contributed by atoms with E-state index >= 15 is 0 Å². The lowest BCUT2D eigenvalue weighted by Crippen LogP contribution is -2.27. The molecule has 0 aliphatic heterocycles. The first-order chi connectivity index (χ1) is 12.9. The first-order valence-corrected chi connectivity index (χ1v) is 7.57. The molecule has 27 heavy (non-hydrogen) atoms. The highest BCUT2D eigenvalue weighted by atomic mass is 19.1. The summed E-state index contributed by atoms with van der Waals surface area (Å²) in [6, 6.07) is 6.35. The first-order valence-electron chi connectivity index (χ1n) is 7.57. The molecule has 0 spiro atoms. The van der Waals surface area contributed by atoms with Crippen molar-refractivity contribution in [2.75, 3.05) is 7.11 Å². The number of carbonyl (C=O) groups excluding carboxylic acids is 1. The number of benzene rings is 1. The summed E-state index contributed by atoms with van der Waals surface area (Å²) in [5, 5.41) is 11.1. The smallest absolute Gasteiger partial charge is 0.343 e. The molecule has 3 rings (SSSR count). The van der Waals surface area contributed by atoms with E-state index in [0.717, 1.165) is 23.9 Å². The topological polar surface area (TPSA) is 117 Å². The average Bonchev–Trinajstić information content (AvgIpc) is 3.11. The van der Waals surface area contributed by atoms with Gasteiger partial charge in [0, 0.05) is 11.6 Å². The number of ether oxygens (including phenoxy) is 1. The van der Waals surface area contributed by atoms with Gasteiger partial charge in [-0.15, -0.1) is 0 Å². The highest BCUT2D eigenvalue weighted by Gasteiger charge is 2.20. The van der Waals surface area contributed by atoms with Gasteiger partial charge >= 0.3 is 5.97 Å². The molecular weight excluding hydrogens is 361 g/mol. The van der Waals surface area contributed by atoms with E-state index < -0.39 is 33.5 Å². The van der Waals surface area contributed by atoms with Gasteiger partial charge in [-0.2, -0.15) is 0 Å². The van der Waals surface area contributed by atoms with Crippen molar-refractivity contribution in [1.82, 2.24) is 9.55 Å². The molecule has 0 saturated heterocycles. The standard InChI is InChI=1S/C17H12FN3O6/c1-26-17(23)13-6-12(21(24)25)8-20(16(13)22)9-15-19-7-14(27-15)10-2-4-11(18)5-3-10/h2-8H,9H2,1H3. The number of nitro groups is 1. The van der Waals surface area contributed by atoms with Crippen molar-refractivity contribution < 1.29 is 23.3 Å². The molecule has 3 aromatic rings. The number of rotatable bonds is 5. The third-order valence-electron chi connectivity index (χ3n) is 3.68. The fraction of sp³-hybridized carbons (Fsp3) is 0.118. The summed E-state index contributed by atoms with van der Waals surface area (Å²) in [4.78, 5) is 38.4. The quantitative estimate of drug-likeness (QED) is 0.383. The van der Waals surface area contributed by atoms with Crippen molar-refractivity contribution >= 4 is 11.7 Å². The minimum Gasteiger partial charge on any atom is -0.465 e. The monoisotopic (exact) mass is 373 g/mol. The zero-order valence-corrected chi connectivity index (χ0v) is 13.9. The van der Waals surface area contributed by atoms with E-state index in [2.05, 4.69) is 9.72 Å². The van der Waals surface area contributed by atoms with Crippen molar-refractivity contribution in [2.24, 2.45) is 0 Å². The van der Waals surface area contributed by atoms with E-state index in [0.29, 0.717) is 11.3 Å². The third kappa shape index (κ3) is 3.73. The molecule has 2 aromatic heterocycles. The van der Waals surface area contributed by atoms with E-state index in [-0.39, 0.29) is 12.4 Å². The van der Waals surface area contributed by atoms with Crippen LogP contribution in [-0.2, 0) is 11.3 Å². The lowest BCUT2D eigenvalue weighted by atomic mass is 10.2. The molecular formula is C17H12FN3O6. The Hall–Kier alpha value is -3.82. The van der Waals surface area contributed by atoms with Crippen LogP contribution in [0, 0.1) is 15.9 Å².